The maximum absolute atomic E-state index is 5.82. The topological polar surface area (TPSA) is 34.1 Å². The van der Waals surface area contributed by atoms with Gasteiger partial charge >= 0.3 is 0 Å². The Morgan fingerprint density at radius 2 is 2.31 bits per heavy atom. The standard InChI is InChI=1S/C13H20N2O/c1-10(2)16-13-6-8-14-9-11(13)12-5-3-4-7-15-12/h6,8-10,12,15H,3-5,7H2,1-2H3. The minimum atomic E-state index is 0.213. The maximum Gasteiger partial charge on any atom is 0.127 e. The molecule has 0 radical (unpaired) electrons. The van der Waals surface area contributed by atoms with Crippen molar-refractivity contribution in [3.05, 3.63) is 24.0 Å². The fraction of sp³-hybridized carbons (Fsp3) is 0.615. The van der Waals surface area contributed by atoms with Gasteiger partial charge in [-0.2, -0.15) is 0 Å². The molecular weight excluding hydrogens is 200 g/mol. The van der Waals surface area contributed by atoms with Crippen LogP contribution in [0.4, 0.5) is 0 Å². The first-order valence-electron chi connectivity index (χ1n) is 6.11. The minimum Gasteiger partial charge on any atom is -0.491 e. The Morgan fingerprint density at radius 1 is 1.44 bits per heavy atom. The number of rotatable bonds is 3. The molecule has 0 amide bonds. The lowest BCUT2D eigenvalue weighted by Gasteiger charge is -2.25. The quantitative estimate of drug-likeness (QED) is 0.850. The Hall–Kier alpha value is -1.09. The van der Waals surface area contributed by atoms with Gasteiger partial charge in [0.05, 0.1) is 6.10 Å². The summed E-state index contributed by atoms with van der Waals surface area (Å²) in [5.41, 5.74) is 1.20. The van der Waals surface area contributed by atoms with E-state index in [1.807, 2.05) is 12.3 Å². The molecule has 1 aromatic heterocycles. The summed E-state index contributed by atoms with van der Waals surface area (Å²) in [7, 11) is 0. The molecule has 1 unspecified atom stereocenters. The van der Waals surface area contributed by atoms with Crippen LogP contribution in [0.3, 0.4) is 0 Å². The van der Waals surface area contributed by atoms with Gasteiger partial charge in [0, 0.05) is 24.0 Å². The summed E-state index contributed by atoms with van der Waals surface area (Å²) < 4.78 is 5.82. The van der Waals surface area contributed by atoms with Crippen LogP contribution in [0.15, 0.2) is 18.5 Å². The van der Waals surface area contributed by atoms with Gasteiger partial charge in [-0.15, -0.1) is 0 Å². The highest BCUT2D eigenvalue weighted by molar-refractivity contribution is 5.33. The molecule has 2 heterocycles. The van der Waals surface area contributed by atoms with Crippen LogP contribution in [0.1, 0.15) is 44.7 Å². The van der Waals surface area contributed by atoms with Gasteiger partial charge in [0.25, 0.3) is 0 Å². The van der Waals surface area contributed by atoms with E-state index in [4.69, 9.17) is 4.74 Å². The van der Waals surface area contributed by atoms with E-state index in [1.165, 1.54) is 24.8 Å². The Balaban J connectivity index is 2.17. The average Bonchev–Trinajstić information content (AvgIpc) is 2.30. The van der Waals surface area contributed by atoms with E-state index in [0.29, 0.717) is 6.04 Å². The summed E-state index contributed by atoms with van der Waals surface area (Å²) in [5.74, 6) is 0.976. The molecule has 1 atom stereocenters. The maximum atomic E-state index is 5.82. The number of aromatic nitrogens is 1. The fourth-order valence-corrected chi connectivity index (χ4v) is 2.13. The SMILES string of the molecule is CC(C)Oc1ccncc1C1CCCCN1. The Kier molecular flexibility index (Phi) is 3.78. The van der Waals surface area contributed by atoms with Crippen LogP contribution < -0.4 is 10.1 Å². The molecule has 1 aliphatic heterocycles. The molecule has 2 rings (SSSR count). The number of hydrogen-bond donors (Lipinski definition) is 1. The van der Waals surface area contributed by atoms with Crippen molar-refractivity contribution < 1.29 is 4.74 Å². The van der Waals surface area contributed by atoms with Crippen LogP contribution in [-0.4, -0.2) is 17.6 Å². The van der Waals surface area contributed by atoms with Gasteiger partial charge < -0.3 is 10.1 Å². The number of nitrogens with zero attached hydrogens (tertiary/aromatic N) is 1. The second kappa shape index (κ2) is 5.30. The first kappa shape index (κ1) is 11.4. The van der Waals surface area contributed by atoms with Crippen LogP contribution >= 0.6 is 0 Å². The molecule has 0 bridgehead atoms. The van der Waals surface area contributed by atoms with Gasteiger partial charge in [0.2, 0.25) is 0 Å². The lowest BCUT2D eigenvalue weighted by Crippen LogP contribution is -2.27. The molecule has 0 spiro atoms. The molecule has 1 N–H and O–H groups in total. The zero-order valence-electron chi connectivity index (χ0n) is 10.1. The Bertz CT molecular complexity index is 332. The summed E-state index contributed by atoms with van der Waals surface area (Å²) in [6.07, 6.45) is 7.68. The summed E-state index contributed by atoms with van der Waals surface area (Å²) in [6.45, 7) is 5.21. The Morgan fingerprint density at radius 3 is 3.00 bits per heavy atom. The zero-order chi connectivity index (χ0) is 11.4. The van der Waals surface area contributed by atoms with Crippen molar-refractivity contribution in [2.24, 2.45) is 0 Å². The summed E-state index contributed by atoms with van der Waals surface area (Å²) in [4.78, 5) is 4.21. The van der Waals surface area contributed by atoms with Crippen molar-refractivity contribution in [2.45, 2.75) is 45.3 Å². The molecule has 16 heavy (non-hydrogen) atoms. The highest BCUT2D eigenvalue weighted by Crippen LogP contribution is 2.30. The van der Waals surface area contributed by atoms with Crippen molar-refractivity contribution in [3.63, 3.8) is 0 Å². The predicted octanol–water partition coefficient (Wildman–Crippen LogP) is 2.68. The van der Waals surface area contributed by atoms with Crippen LogP contribution in [0.2, 0.25) is 0 Å². The van der Waals surface area contributed by atoms with Crippen molar-refractivity contribution in [2.75, 3.05) is 6.54 Å². The molecule has 1 aliphatic rings. The average molecular weight is 220 g/mol. The largest absolute Gasteiger partial charge is 0.491 e. The number of piperidine rings is 1. The third kappa shape index (κ3) is 2.73. The van der Waals surface area contributed by atoms with Gasteiger partial charge in [-0.3, -0.25) is 4.98 Å². The number of ether oxygens (including phenoxy) is 1. The Labute approximate surface area is 97.2 Å². The smallest absolute Gasteiger partial charge is 0.127 e. The third-order valence-corrected chi connectivity index (χ3v) is 2.86. The van der Waals surface area contributed by atoms with Gasteiger partial charge in [0.1, 0.15) is 5.75 Å². The first-order valence-corrected chi connectivity index (χ1v) is 6.11. The van der Waals surface area contributed by atoms with E-state index >= 15 is 0 Å². The van der Waals surface area contributed by atoms with E-state index in [2.05, 4.69) is 24.1 Å². The molecule has 0 aliphatic carbocycles. The van der Waals surface area contributed by atoms with Crippen molar-refractivity contribution in [3.8, 4) is 5.75 Å². The van der Waals surface area contributed by atoms with Crippen molar-refractivity contribution >= 4 is 0 Å². The molecular formula is C13H20N2O. The summed E-state index contributed by atoms with van der Waals surface area (Å²) >= 11 is 0. The van der Waals surface area contributed by atoms with Gasteiger partial charge in [-0.1, -0.05) is 6.42 Å². The van der Waals surface area contributed by atoms with E-state index in [1.54, 1.807) is 6.20 Å². The number of pyridine rings is 1. The van der Waals surface area contributed by atoms with Crippen LogP contribution in [0, 0.1) is 0 Å². The molecule has 0 saturated carbocycles. The van der Waals surface area contributed by atoms with E-state index in [9.17, 15) is 0 Å². The van der Waals surface area contributed by atoms with Crippen molar-refractivity contribution in [1.29, 1.82) is 0 Å². The van der Waals surface area contributed by atoms with E-state index < -0.39 is 0 Å². The normalized spacial score (nSPS) is 21.1. The van der Waals surface area contributed by atoms with Gasteiger partial charge in [-0.25, -0.2) is 0 Å². The fourth-order valence-electron chi connectivity index (χ4n) is 2.13. The number of hydrogen-bond acceptors (Lipinski definition) is 3. The van der Waals surface area contributed by atoms with Crippen LogP contribution in [0.25, 0.3) is 0 Å². The molecule has 88 valence electrons. The second-order valence-corrected chi connectivity index (χ2v) is 4.58. The lowest BCUT2D eigenvalue weighted by molar-refractivity contribution is 0.235. The van der Waals surface area contributed by atoms with Crippen molar-refractivity contribution in [1.82, 2.24) is 10.3 Å². The van der Waals surface area contributed by atoms with Crippen LogP contribution in [0.5, 0.6) is 5.75 Å². The molecule has 1 fully saturated rings. The number of nitrogens with one attached hydrogen (secondary N) is 1. The van der Waals surface area contributed by atoms with E-state index in [0.717, 1.165) is 12.3 Å². The molecule has 0 aromatic carbocycles. The van der Waals surface area contributed by atoms with Gasteiger partial charge in [-0.05, 0) is 39.3 Å². The van der Waals surface area contributed by atoms with Gasteiger partial charge in [0.15, 0.2) is 0 Å². The highest BCUT2D eigenvalue weighted by atomic mass is 16.5. The molecule has 3 nitrogen and oxygen atoms in total. The third-order valence-electron chi connectivity index (χ3n) is 2.86. The minimum absolute atomic E-state index is 0.213. The van der Waals surface area contributed by atoms with E-state index in [-0.39, 0.29) is 6.10 Å². The van der Waals surface area contributed by atoms with Crippen LogP contribution in [-0.2, 0) is 0 Å². The lowest BCUT2D eigenvalue weighted by atomic mass is 9.98. The molecule has 1 aromatic rings. The first-order chi connectivity index (χ1) is 7.77. The molecule has 3 heteroatoms. The predicted molar refractivity (Wildman–Crippen MR) is 64.6 cm³/mol. The molecule has 1 saturated heterocycles. The summed E-state index contributed by atoms with van der Waals surface area (Å²) in [5, 5.41) is 3.53. The summed E-state index contributed by atoms with van der Waals surface area (Å²) in [6, 6.07) is 2.38. The monoisotopic (exact) mass is 220 g/mol. The second-order valence-electron chi connectivity index (χ2n) is 4.58. The highest BCUT2D eigenvalue weighted by Gasteiger charge is 2.19. The zero-order valence-corrected chi connectivity index (χ0v) is 10.1.